The lowest BCUT2D eigenvalue weighted by atomic mass is 10.1. The zero-order valence-electron chi connectivity index (χ0n) is 16.5. The minimum atomic E-state index is -0.548. The van der Waals surface area contributed by atoms with E-state index in [0.717, 1.165) is 11.1 Å². The Morgan fingerprint density at radius 2 is 1.57 bits per heavy atom. The molecule has 0 unspecified atom stereocenters. The highest BCUT2D eigenvalue weighted by Gasteiger charge is 2.23. The van der Waals surface area contributed by atoms with Gasteiger partial charge >= 0.3 is 0 Å². The molecule has 4 aromatic rings. The normalized spacial score (nSPS) is 10.8. The van der Waals surface area contributed by atoms with Crippen LogP contribution in [0.3, 0.4) is 0 Å². The number of carbonyl (C=O) groups is 2. The number of nitrogens with one attached hydrogen (secondary N) is 2. The summed E-state index contributed by atoms with van der Waals surface area (Å²) >= 11 is 0. The molecule has 0 saturated carbocycles. The summed E-state index contributed by atoms with van der Waals surface area (Å²) in [5, 5.41) is 6.09. The average molecular weight is 402 g/mol. The van der Waals surface area contributed by atoms with Crippen molar-refractivity contribution in [1.29, 1.82) is 0 Å². The van der Waals surface area contributed by atoms with Crippen molar-refractivity contribution in [2.75, 3.05) is 10.6 Å². The first-order chi connectivity index (χ1) is 14.4. The summed E-state index contributed by atoms with van der Waals surface area (Å²) in [6.45, 7) is 3.90. The van der Waals surface area contributed by atoms with Crippen molar-refractivity contribution in [3.05, 3.63) is 95.0 Å². The number of amides is 2. The fraction of sp³-hybridized carbons (Fsp3) is 0.0833. The molecule has 0 saturated heterocycles. The quantitative estimate of drug-likeness (QED) is 0.460. The maximum atomic E-state index is 13.1. The SMILES string of the molecule is Cc1ccc(C(=O)Nc2c(C(=O)Nc3ccc(F)cc3)oc3ccccc23)cc1C. The molecule has 2 amide bonds. The lowest BCUT2D eigenvalue weighted by Gasteiger charge is -2.09. The average Bonchev–Trinajstić information content (AvgIpc) is 3.10. The number of aryl methyl sites for hydroxylation is 2. The van der Waals surface area contributed by atoms with Crippen LogP contribution >= 0.6 is 0 Å². The largest absolute Gasteiger partial charge is 0.449 e. The number of rotatable bonds is 4. The molecule has 2 N–H and O–H groups in total. The Balaban J connectivity index is 1.69. The maximum Gasteiger partial charge on any atom is 0.293 e. The van der Waals surface area contributed by atoms with Gasteiger partial charge in [0.05, 0.1) is 0 Å². The van der Waals surface area contributed by atoms with Crippen molar-refractivity contribution in [2.45, 2.75) is 13.8 Å². The van der Waals surface area contributed by atoms with Crippen LogP contribution in [0.5, 0.6) is 0 Å². The maximum absolute atomic E-state index is 13.1. The summed E-state index contributed by atoms with van der Waals surface area (Å²) in [6, 6.07) is 17.9. The van der Waals surface area contributed by atoms with Crippen molar-refractivity contribution in [3.63, 3.8) is 0 Å². The number of para-hydroxylation sites is 1. The zero-order valence-corrected chi connectivity index (χ0v) is 16.5. The van der Waals surface area contributed by atoms with Crippen LogP contribution in [0.15, 0.2) is 71.1 Å². The van der Waals surface area contributed by atoms with Gasteiger partial charge < -0.3 is 15.1 Å². The van der Waals surface area contributed by atoms with E-state index in [1.54, 1.807) is 36.4 Å². The third kappa shape index (κ3) is 3.80. The van der Waals surface area contributed by atoms with E-state index in [1.807, 2.05) is 19.9 Å². The van der Waals surface area contributed by atoms with Gasteiger partial charge in [0.2, 0.25) is 5.76 Å². The Bertz CT molecular complexity index is 1260. The van der Waals surface area contributed by atoms with E-state index in [-0.39, 0.29) is 17.4 Å². The molecule has 0 aliphatic heterocycles. The smallest absolute Gasteiger partial charge is 0.293 e. The summed E-state index contributed by atoms with van der Waals surface area (Å²) in [5.74, 6) is -1.33. The third-order valence-electron chi connectivity index (χ3n) is 4.91. The van der Waals surface area contributed by atoms with E-state index in [0.29, 0.717) is 22.2 Å². The van der Waals surface area contributed by atoms with Crippen LogP contribution in [0.4, 0.5) is 15.8 Å². The lowest BCUT2D eigenvalue weighted by Crippen LogP contribution is -2.17. The minimum Gasteiger partial charge on any atom is -0.449 e. The molecule has 0 atom stereocenters. The number of furan rings is 1. The molecule has 4 rings (SSSR count). The van der Waals surface area contributed by atoms with Gasteiger partial charge in [0, 0.05) is 16.6 Å². The van der Waals surface area contributed by atoms with Crippen LogP contribution in [0.2, 0.25) is 0 Å². The predicted molar refractivity (Wildman–Crippen MR) is 114 cm³/mol. The number of anilines is 2. The van der Waals surface area contributed by atoms with Gasteiger partial charge in [-0.2, -0.15) is 0 Å². The van der Waals surface area contributed by atoms with Gasteiger partial charge in [-0.05, 0) is 73.5 Å². The molecule has 3 aromatic carbocycles. The molecule has 6 heteroatoms. The first-order valence-electron chi connectivity index (χ1n) is 9.39. The standard InChI is InChI=1S/C24H19FN2O3/c1-14-7-8-16(13-15(14)2)23(28)27-21-19-5-3-4-6-20(19)30-22(21)24(29)26-18-11-9-17(25)10-12-18/h3-13H,1-2H3,(H,26,29)(H,27,28). The number of fused-ring (bicyclic) bond motifs is 1. The van der Waals surface area contributed by atoms with Crippen LogP contribution in [-0.2, 0) is 0 Å². The summed E-state index contributed by atoms with van der Waals surface area (Å²) in [6.07, 6.45) is 0. The Morgan fingerprint density at radius 3 is 2.30 bits per heavy atom. The zero-order chi connectivity index (χ0) is 21.3. The summed E-state index contributed by atoms with van der Waals surface area (Å²) in [4.78, 5) is 25.7. The van der Waals surface area contributed by atoms with E-state index >= 15 is 0 Å². The summed E-state index contributed by atoms with van der Waals surface area (Å²) in [5.41, 5.74) is 3.72. The highest BCUT2D eigenvalue weighted by Crippen LogP contribution is 2.32. The number of carbonyl (C=O) groups excluding carboxylic acids is 2. The van der Waals surface area contributed by atoms with Crippen molar-refractivity contribution >= 4 is 34.2 Å². The molecule has 5 nitrogen and oxygen atoms in total. The molecule has 1 heterocycles. The first-order valence-corrected chi connectivity index (χ1v) is 9.39. The van der Waals surface area contributed by atoms with Gasteiger partial charge in [-0.1, -0.05) is 18.2 Å². The summed E-state index contributed by atoms with van der Waals surface area (Å²) < 4.78 is 18.9. The first kappa shape index (κ1) is 19.4. The minimum absolute atomic E-state index is 0.0299. The molecular weight excluding hydrogens is 383 g/mol. The molecule has 30 heavy (non-hydrogen) atoms. The summed E-state index contributed by atoms with van der Waals surface area (Å²) in [7, 11) is 0. The molecule has 0 radical (unpaired) electrons. The van der Waals surface area contributed by atoms with Gasteiger partial charge in [-0.25, -0.2) is 4.39 Å². The highest BCUT2D eigenvalue weighted by atomic mass is 19.1. The number of hydrogen-bond acceptors (Lipinski definition) is 3. The molecule has 0 bridgehead atoms. The third-order valence-corrected chi connectivity index (χ3v) is 4.91. The fourth-order valence-corrected chi connectivity index (χ4v) is 3.12. The second-order valence-corrected chi connectivity index (χ2v) is 7.02. The fourth-order valence-electron chi connectivity index (χ4n) is 3.12. The number of hydrogen-bond donors (Lipinski definition) is 2. The Morgan fingerprint density at radius 1 is 0.833 bits per heavy atom. The van der Waals surface area contributed by atoms with Crippen molar-refractivity contribution in [2.24, 2.45) is 0 Å². The topological polar surface area (TPSA) is 71.3 Å². The second-order valence-electron chi connectivity index (χ2n) is 7.02. The van der Waals surface area contributed by atoms with Gasteiger partial charge in [-0.3, -0.25) is 9.59 Å². The molecule has 0 fully saturated rings. The van der Waals surface area contributed by atoms with Gasteiger partial charge in [-0.15, -0.1) is 0 Å². The van der Waals surface area contributed by atoms with E-state index in [4.69, 9.17) is 4.42 Å². The number of benzene rings is 3. The molecule has 0 spiro atoms. The Labute approximate surface area is 172 Å². The van der Waals surface area contributed by atoms with Gasteiger partial charge in [0.25, 0.3) is 11.8 Å². The molecular formula is C24H19FN2O3. The second kappa shape index (κ2) is 7.83. The van der Waals surface area contributed by atoms with E-state index in [1.165, 1.54) is 24.3 Å². The molecule has 1 aromatic heterocycles. The predicted octanol–water partition coefficient (Wildman–Crippen LogP) is 5.69. The van der Waals surface area contributed by atoms with Crippen molar-refractivity contribution in [3.8, 4) is 0 Å². The Hall–Kier alpha value is -3.93. The van der Waals surface area contributed by atoms with Crippen LogP contribution in [0, 0.1) is 19.7 Å². The van der Waals surface area contributed by atoms with E-state index < -0.39 is 11.7 Å². The van der Waals surface area contributed by atoms with Crippen LogP contribution in [-0.4, -0.2) is 11.8 Å². The molecule has 0 aliphatic carbocycles. The van der Waals surface area contributed by atoms with Crippen molar-refractivity contribution < 1.29 is 18.4 Å². The monoisotopic (exact) mass is 402 g/mol. The molecule has 150 valence electrons. The van der Waals surface area contributed by atoms with Gasteiger partial charge in [0.1, 0.15) is 17.1 Å². The number of halogens is 1. The van der Waals surface area contributed by atoms with Crippen LogP contribution in [0.25, 0.3) is 11.0 Å². The lowest BCUT2D eigenvalue weighted by molar-refractivity contribution is 0.0999. The van der Waals surface area contributed by atoms with E-state index in [2.05, 4.69) is 10.6 Å². The van der Waals surface area contributed by atoms with E-state index in [9.17, 15) is 14.0 Å². The Kier molecular flexibility index (Phi) is 5.06. The van der Waals surface area contributed by atoms with Crippen LogP contribution < -0.4 is 10.6 Å². The van der Waals surface area contributed by atoms with Crippen LogP contribution in [0.1, 0.15) is 32.0 Å². The highest BCUT2D eigenvalue weighted by molar-refractivity contribution is 6.16. The molecule has 0 aliphatic rings. The van der Waals surface area contributed by atoms with Gasteiger partial charge in [0.15, 0.2) is 0 Å². The van der Waals surface area contributed by atoms with Crippen molar-refractivity contribution in [1.82, 2.24) is 0 Å².